The summed E-state index contributed by atoms with van der Waals surface area (Å²) in [6, 6.07) is 3.77. The van der Waals surface area contributed by atoms with E-state index in [1.54, 1.807) is 6.20 Å². The van der Waals surface area contributed by atoms with Gasteiger partial charge in [0.25, 0.3) is 0 Å². The second-order valence-electron chi connectivity index (χ2n) is 15.0. The molecule has 8 heteroatoms. The third kappa shape index (κ3) is 8.93. The summed E-state index contributed by atoms with van der Waals surface area (Å²) in [4.78, 5) is 30.3. The number of nitrogens with zero attached hydrogens (tertiary/aromatic N) is 1. The van der Waals surface area contributed by atoms with Crippen LogP contribution in [0.1, 0.15) is 123 Å². The molecule has 1 aromatic rings. The molecule has 0 amide bonds. The van der Waals surface area contributed by atoms with Crippen LogP contribution in [0.4, 0.5) is 0 Å². The normalized spacial score (nSPS) is 28.0. The van der Waals surface area contributed by atoms with Gasteiger partial charge in [0.05, 0.1) is 17.2 Å². The summed E-state index contributed by atoms with van der Waals surface area (Å²) in [5.74, 6) is 0.498. The fraction of sp³-hybridized carbons (Fsp3) is 0.781. The first-order valence-electron chi connectivity index (χ1n) is 15.1. The molecule has 2 N–H and O–H groups in total. The van der Waals surface area contributed by atoms with Crippen LogP contribution in [0.5, 0.6) is 0 Å². The number of nitrogens with one attached hydrogen (secondary N) is 2. The zero-order valence-electron chi connectivity index (χ0n) is 25.9. The summed E-state index contributed by atoms with van der Waals surface area (Å²) in [5, 5.41) is 7.79. The van der Waals surface area contributed by atoms with Gasteiger partial charge in [-0.2, -0.15) is 11.8 Å². The number of carbonyl (C=O) groups excluding carboxylic acids is 2. The van der Waals surface area contributed by atoms with Gasteiger partial charge in [-0.25, -0.2) is 4.79 Å². The van der Waals surface area contributed by atoms with E-state index in [0.29, 0.717) is 10.8 Å². The third-order valence-electron chi connectivity index (χ3n) is 8.40. The van der Waals surface area contributed by atoms with Gasteiger partial charge in [-0.05, 0) is 93.2 Å². The Labute approximate surface area is 245 Å². The number of aromatic nitrogens is 1. The highest BCUT2D eigenvalue weighted by Gasteiger charge is 2.41. The zero-order valence-corrected chi connectivity index (χ0v) is 26.7. The van der Waals surface area contributed by atoms with E-state index in [2.05, 4.69) is 71.0 Å². The van der Waals surface area contributed by atoms with E-state index in [-0.39, 0.29) is 52.2 Å². The molecule has 1 aromatic heterocycles. The predicted molar refractivity (Wildman–Crippen MR) is 161 cm³/mol. The van der Waals surface area contributed by atoms with Crippen LogP contribution < -0.4 is 10.6 Å². The fourth-order valence-electron chi connectivity index (χ4n) is 7.40. The molecule has 0 radical (unpaired) electrons. The summed E-state index contributed by atoms with van der Waals surface area (Å²) >= 11 is 1.90. The lowest BCUT2D eigenvalue weighted by Gasteiger charge is -2.46. The number of pyridine rings is 1. The summed E-state index contributed by atoms with van der Waals surface area (Å²) in [6.07, 6.45) is 8.60. The Morgan fingerprint density at radius 2 is 1.30 bits per heavy atom. The van der Waals surface area contributed by atoms with Crippen molar-refractivity contribution in [3.05, 3.63) is 29.6 Å². The lowest BCUT2D eigenvalue weighted by molar-refractivity contribution is -0.159. The van der Waals surface area contributed by atoms with Gasteiger partial charge in [0.1, 0.15) is 12.2 Å². The van der Waals surface area contributed by atoms with Crippen molar-refractivity contribution < 1.29 is 19.1 Å². The van der Waals surface area contributed by atoms with Gasteiger partial charge in [0.2, 0.25) is 0 Å². The summed E-state index contributed by atoms with van der Waals surface area (Å²) in [5.41, 5.74) is 1.25. The highest BCUT2D eigenvalue weighted by molar-refractivity contribution is 7.99. The van der Waals surface area contributed by atoms with Crippen LogP contribution in [0.2, 0.25) is 0 Å². The predicted octanol–water partition coefficient (Wildman–Crippen LogP) is 6.19. The average Bonchev–Trinajstić information content (AvgIpc) is 2.79. The van der Waals surface area contributed by atoms with E-state index < -0.39 is 0 Å². The number of carbonyl (C=O) groups is 2. The highest BCUT2D eigenvalue weighted by Crippen LogP contribution is 2.36. The summed E-state index contributed by atoms with van der Waals surface area (Å²) in [6.45, 7) is 17.3. The van der Waals surface area contributed by atoms with Crippen LogP contribution in [-0.4, -0.2) is 56.5 Å². The zero-order chi connectivity index (χ0) is 29.3. The summed E-state index contributed by atoms with van der Waals surface area (Å²) in [7, 11) is 0. The van der Waals surface area contributed by atoms with Crippen LogP contribution in [0.3, 0.4) is 0 Å². The van der Waals surface area contributed by atoms with Gasteiger partial charge in [-0.1, -0.05) is 0 Å². The van der Waals surface area contributed by atoms with E-state index in [0.717, 1.165) is 62.8 Å². The summed E-state index contributed by atoms with van der Waals surface area (Å²) < 4.78 is 11.9. The number of hydrogen-bond acceptors (Lipinski definition) is 8. The molecule has 3 aliphatic rings. The van der Waals surface area contributed by atoms with Gasteiger partial charge in [-0.15, -0.1) is 0 Å². The number of rotatable bonds is 7. The first-order valence-corrected chi connectivity index (χ1v) is 16.1. The van der Waals surface area contributed by atoms with E-state index in [9.17, 15) is 9.59 Å². The Hall–Kier alpha value is -1.64. The van der Waals surface area contributed by atoms with Crippen LogP contribution in [-0.2, 0) is 20.0 Å². The Morgan fingerprint density at radius 3 is 1.77 bits per heavy atom. The van der Waals surface area contributed by atoms with Crippen LogP contribution in [0, 0.1) is 5.92 Å². The lowest BCUT2D eigenvalue weighted by Crippen LogP contribution is -2.59. The molecule has 2 aliphatic heterocycles. The molecule has 4 rings (SSSR count). The van der Waals surface area contributed by atoms with Crippen molar-refractivity contribution in [2.45, 2.75) is 152 Å². The minimum absolute atomic E-state index is 0.0114. The lowest BCUT2D eigenvalue weighted by atomic mass is 9.81. The molecule has 0 spiro atoms. The molecule has 3 heterocycles. The number of hydrogen-bond donors (Lipinski definition) is 2. The van der Waals surface area contributed by atoms with Crippen molar-refractivity contribution >= 4 is 23.7 Å². The highest BCUT2D eigenvalue weighted by atomic mass is 32.2. The van der Waals surface area contributed by atoms with E-state index in [1.165, 1.54) is 0 Å². The molecular formula is C32H51N3O4S. The van der Waals surface area contributed by atoms with Crippen molar-refractivity contribution in [1.82, 2.24) is 15.6 Å². The monoisotopic (exact) mass is 573 g/mol. The topological polar surface area (TPSA) is 89.6 Å². The molecule has 1 aliphatic carbocycles. The Morgan fingerprint density at radius 1 is 0.800 bits per heavy atom. The fourth-order valence-corrected chi connectivity index (χ4v) is 8.59. The molecule has 224 valence electrons. The first-order chi connectivity index (χ1) is 18.5. The second-order valence-corrected chi connectivity index (χ2v) is 16.3. The van der Waals surface area contributed by atoms with Gasteiger partial charge in [0.15, 0.2) is 0 Å². The number of piperidine rings is 2. The molecule has 7 nitrogen and oxygen atoms in total. The maximum absolute atomic E-state index is 13.0. The Balaban J connectivity index is 1.19. The second kappa shape index (κ2) is 11.9. The minimum Gasteiger partial charge on any atom is -0.462 e. The van der Waals surface area contributed by atoms with E-state index >= 15 is 0 Å². The third-order valence-corrected chi connectivity index (χ3v) is 9.80. The molecule has 1 saturated carbocycles. The average molecular weight is 574 g/mol. The van der Waals surface area contributed by atoms with Gasteiger partial charge < -0.3 is 20.1 Å². The quantitative estimate of drug-likeness (QED) is 0.373. The van der Waals surface area contributed by atoms with Crippen molar-refractivity contribution in [2.75, 3.05) is 0 Å². The Kier molecular flexibility index (Phi) is 9.33. The van der Waals surface area contributed by atoms with E-state index in [4.69, 9.17) is 9.47 Å². The molecular weight excluding hydrogens is 522 g/mol. The van der Waals surface area contributed by atoms with E-state index in [1.807, 2.05) is 23.9 Å². The standard InChI is InChI=1S/C32H51N3O4S/c1-29(2)15-24(16-30(3,4)34-29)38-27(36)21-10-13-26(14-11-21)40-20-23-12-9-22(19-33-23)28(37)39-25-17-31(5,6)35-32(7,8)18-25/h9,12,19,21,24-26,34-35H,10-11,13-18,20H2,1-8H3. The number of thioether (sulfide) groups is 1. The van der Waals surface area contributed by atoms with Crippen molar-refractivity contribution in [3.63, 3.8) is 0 Å². The minimum atomic E-state index is -0.299. The maximum atomic E-state index is 13.0. The van der Waals surface area contributed by atoms with Gasteiger partial charge in [-0.3, -0.25) is 9.78 Å². The SMILES string of the molecule is CC1(C)CC(OC(=O)c2ccc(CSC3CCC(C(=O)OC4CC(C)(C)NC(C)(C)C4)CC3)nc2)CC(C)(C)N1. The maximum Gasteiger partial charge on any atom is 0.339 e. The molecule has 2 saturated heterocycles. The molecule has 0 atom stereocenters. The van der Waals surface area contributed by atoms with Crippen LogP contribution >= 0.6 is 11.8 Å². The van der Waals surface area contributed by atoms with Crippen LogP contribution in [0.25, 0.3) is 0 Å². The van der Waals surface area contributed by atoms with Gasteiger partial charge in [0, 0.05) is 65.0 Å². The van der Waals surface area contributed by atoms with Crippen molar-refractivity contribution in [3.8, 4) is 0 Å². The number of esters is 2. The molecule has 40 heavy (non-hydrogen) atoms. The number of ether oxygens (including phenoxy) is 2. The van der Waals surface area contributed by atoms with Crippen molar-refractivity contribution in [1.29, 1.82) is 0 Å². The molecule has 0 unspecified atom stereocenters. The molecule has 0 bridgehead atoms. The molecule has 3 fully saturated rings. The van der Waals surface area contributed by atoms with Gasteiger partial charge >= 0.3 is 11.9 Å². The first kappa shape index (κ1) is 31.3. The largest absolute Gasteiger partial charge is 0.462 e. The van der Waals surface area contributed by atoms with Crippen molar-refractivity contribution in [2.24, 2.45) is 5.92 Å². The Bertz CT molecular complexity index is 1010. The van der Waals surface area contributed by atoms with Crippen LogP contribution in [0.15, 0.2) is 18.3 Å². The smallest absolute Gasteiger partial charge is 0.339 e. The molecule has 0 aromatic carbocycles.